The fourth-order valence-corrected chi connectivity index (χ4v) is 3.32. The van der Waals surface area contributed by atoms with Crippen molar-refractivity contribution in [3.63, 3.8) is 0 Å². The largest absolute Gasteiger partial charge is 0.472 e. The summed E-state index contributed by atoms with van der Waals surface area (Å²) >= 11 is 0. The van der Waals surface area contributed by atoms with Gasteiger partial charge in [0.1, 0.15) is 6.04 Å². The molecule has 7 heteroatoms. The van der Waals surface area contributed by atoms with Gasteiger partial charge in [-0.1, -0.05) is 0 Å². The number of pyridine rings is 1. The molecule has 0 saturated heterocycles. The van der Waals surface area contributed by atoms with Gasteiger partial charge in [-0.2, -0.15) is 5.10 Å². The summed E-state index contributed by atoms with van der Waals surface area (Å²) in [5.41, 5.74) is 3.31. The second-order valence-electron chi connectivity index (χ2n) is 6.48. The Morgan fingerprint density at radius 3 is 2.88 bits per heavy atom. The SMILES string of the molecule is O=C(NCCc1ccncc1)C1CN(Cc2ccoc2)Cc2ccnn21. The monoisotopic (exact) mass is 351 g/mol. The first kappa shape index (κ1) is 16.5. The van der Waals surface area contributed by atoms with E-state index in [1.807, 2.05) is 28.9 Å². The summed E-state index contributed by atoms with van der Waals surface area (Å²) in [5, 5.41) is 7.40. The lowest BCUT2D eigenvalue weighted by Crippen LogP contribution is -2.45. The highest BCUT2D eigenvalue weighted by molar-refractivity contribution is 5.80. The minimum absolute atomic E-state index is 0.000833. The van der Waals surface area contributed by atoms with E-state index >= 15 is 0 Å². The summed E-state index contributed by atoms with van der Waals surface area (Å²) in [7, 11) is 0. The summed E-state index contributed by atoms with van der Waals surface area (Å²) in [6, 6.07) is 7.53. The Balaban J connectivity index is 1.40. The molecule has 0 saturated carbocycles. The number of nitrogens with one attached hydrogen (secondary N) is 1. The zero-order chi connectivity index (χ0) is 17.8. The molecule has 1 N–H and O–H groups in total. The molecule has 3 aromatic rings. The van der Waals surface area contributed by atoms with Crippen LogP contribution in [0, 0.1) is 0 Å². The first-order chi connectivity index (χ1) is 12.8. The van der Waals surface area contributed by atoms with Crippen LogP contribution < -0.4 is 5.32 Å². The van der Waals surface area contributed by atoms with Gasteiger partial charge in [0.25, 0.3) is 0 Å². The van der Waals surface area contributed by atoms with Crippen molar-refractivity contribution in [3.05, 3.63) is 72.2 Å². The van der Waals surface area contributed by atoms with Crippen molar-refractivity contribution in [1.82, 2.24) is 25.0 Å². The summed E-state index contributed by atoms with van der Waals surface area (Å²) in [6.07, 6.45) is 9.49. The van der Waals surface area contributed by atoms with E-state index < -0.39 is 0 Å². The second-order valence-corrected chi connectivity index (χ2v) is 6.48. The van der Waals surface area contributed by atoms with E-state index in [4.69, 9.17) is 4.42 Å². The van der Waals surface area contributed by atoms with Crippen LogP contribution in [-0.4, -0.2) is 38.7 Å². The number of furan rings is 1. The van der Waals surface area contributed by atoms with Crippen LogP contribution in [-0.2, 0) is 24.3 Å². The Kier molecular flexibility index (Phi) is 4.79. The maximum absolute atomic E-state index is 12.8. The number of aromatic nitrogens is 3. The molecule has 3 aromatic heterocycles. The van der Waals surface area contributed by atoms with E-state index in [-0.39, 0.29) is 11.9 Å². The topological polar surface area (TPSA) is 76.2 Å². The van der Waals surface area contributed by atoms with Crippen molar-refractivity contribution in [1.29, 1.82) is 0 Å². The number of rotatable bonds is 6. The van der Waals surface area contributed by atoms with Gasteiger partial charge in [-0.25, -0.2) is 0 Å². The van der Waals surface area contributed by atoms with Gasteiger partial charge >= 0.3 is 0 Å². The van der Waals surface area contributed by atoms with E-state index in [9.17, 15) is 4.79 Å². The van der Waals surface area contributed by atoms with Gasteiger partial charge in [0, 0.05) is 50.3 Å². The van der Waals surface area contributed by atoms with Crippen molar-refractivity contribution in [2.45, 2.75) is 25.6 Å². The average molecular weight is 351 g/mol. The summed E-state index contributed by atoms with van der Waals surface area (Å²) in [5.74, 6) is 0.000833. The minimum Gasteiger partial charge on any atom is -0.472 e. The van der Waals surface area contributed by atoms with Crippen LogP contribution in [0.25, 0.3) is 0 Å². The molecule has 1 aliphatic heterocycles. The number of carbonyl (C=O) groups excluding carboxylic acids is 1. The molecule has 0 aromatic carbocycles. The molecular formula is C19H21N5O2. The molecule has 0 fully saturated rings. The standard InChI is InChI=1S/C19H21N5O2/c25-19(21-8-3-15-1-6-20-7-2-15)18-13-23(11-16-5-10-26-14-16)12-17-4-9-22-24(17)18/h1-2,4-7,9-10,14,18H,3,8,11-13H2,(H,21,25). The van der Waals surface area contributed by atoms with E-state index in [2.05, 4.69) is 20.3 Å². The first-order valence-electron chi connectivity index (χ1n) is 8.72. The average Bonchev–Trinajstić information content (AvgIpc) is 3.33. The lowest BCUT2D eigenvalue weighted by atomic mass is 10.1. The number of nitrogens with zero attached hydrogens (tertiary/aromatic N) is 4. The molecule has 134 valence electrons. The fraction of sp³-hybridized carbons (Fsp3) is 0.316. The molecule has 0 aliphatic carbocycles. The Hall–Kier alpha value is -2.93. The van der Waals surface area contributed by atoms with Crippen molar-refractivity contribution in [2.75, 3.05) is 13.1 Å². The highest BCUT2D eigenvalue weighted by Crippen LogP contribution is 2.22. The van der Waals surface area contributed by atoms with Crippen LogP contribution in [0.1, 0.15) is 22.9 Å². The van der Waals surface area contributed by atoms with Crippen molar-refractivity contribution < 1.29 is 9.21 Å². The molecule has 0 radical (unpaired) electrons. The highest BCUT2D eigenvalue weighted by Gasteiger charge is 2.30. The molecule has 1 unspecified atom stereocenters. The highest BCUT2D eigenvalue weighted by atomic mass is 16.3. The Morgan fingerprint density at radius 2 is 2.08 bits per heavy atom. The summed E-state index contributed by atoms with van der Waals surface area (Å²) in [4.78, 5) is 19.0. The van der Waals surface area contributed by atoms with Gasteiger partial charge in [-0.15, -0.1) is 0 Å². The van der Waals surface area contributed by atoms with Crippen molar-refractivity contribution in [2.24, 2.45) is 0 Å². The van der Waals surface area contributed by atoms with Crippen LogP contribution in [0.5, 0.6) is 0 Å². The molecule has 26 heavy (non-hydrogen) atoms. The molecule has 4 rings (SSSR count). The van der Waals surface area contributed by atoms with Gasteiger partial charge < -0.3 is 9.73 Å². The van der Waals surface area contributed by atoms with Crippen molar-refractivity contribution in [3.8, 4) is 0 Å². The van der Waals surface area contributed by atoms with Crippen LogP contribution in [0.15, 0.2) is 59.8 Å². The predicted octanol–water partition coefficient (Wildman–Crippen LogP) is 1.79. The smallest absolute Gasteiger partial charge is 0.246 e. The van der Waals surface area contributed by atoms with Gasteiger partial charge in [0.05, 0.1) is 18.2 Å². The number of carbonyl (C=O) groups is 1. The fourth-order valence-electron chi connectivity index (χ4n) is 3.32. The number of amides is 1. The third kappa shape index (κ3) is 3.67. The molecule has 0 spiro atoms. The molecule has 1 amide bonds. The predicted molar refractivity (Wildman–Crippen MR) is 95.0 cm³/mol. The second kappa shape index (κ2) is 7.53. The zero-order valence-corrected chi connectivity index (χ0v) is 14.4. The van der Waals surface area contributed by atoms with Gasteiger partial charge in [0.15, 0.2) is 0 Å². The molecule has 7 nitrogen and oxygen atoms in total. The lowest BCUT2D eigenvalue weighted by molar-refractivity contribution is -0.126. The van der Waals surface area contributed by atoms with Crippen LogP contribution in [0.3, 0.4) is 0 Å². The minimum atomic E-state index is -0.321. The molecule has 1 aliphatic rings. The Labute approximate surface area is 151 Å². The first-order valence-corrected chi connectivity index (χ1v) is 8.72. The maximum Gasteiger partial charge on any atom is 0.246 e. The van der Waals surface area contributed by atoms with E-state index in [0.717, 1.165) is 36.3 Å². The molecular weight excluding hydrogens is 330 g/mol. The summed E-state index contributed by atoms with van der Waals surface area (Å²) < 4.78 is 6.99. The zero-order valence-electron chi connectivity index (χ0n) is 14.4. The number of hydrogen-bond acceptors (Lipinski definition) is 5. The molecule has 1 atom stereocenters. The normalized spacial score (nSPS) is 17.0. The third-order valence-electron chi connectivity index (χ3n) is 4.62. The number of hydrogen-bond donors (Lipinski definition) is 1. The van der Waals surface area contributed by atoms with Crippen LogP contribution in [0.4, 0.5) is 0 Å². The lowest BCUT2D eigenvalue weighted by Gasteiger charge is -2.32. The van der Waals surface area contributed by atoms with Crippen LogP contribution in [0.2, 0.25) is 0 Å². The molecule has 0 bridgehead atoms. The van der Waals surface area contributed by atoms with Crippen LogP contribution >= 0.6 is 0 Å². The molecule has 4 heterocycles. The summed E-state index contributed by atoms with van der Waals surface area (Å²) in [6.45, 7) is 2.74. The van der Waals surface area contributed by atoms with E-state index in [0.29, 0.717) is 13.1 Å². The van der Waals surface area contributed by atoms with Crippen molar-refractivity contribution >= 4 is 5.91 Å². The Morgan fingerprint density at radius 1 is 1.19 bits per heavy atom. The van der Waals surface area contributed by atoms with E-state index in [1.165, 1.54) is 0 Å². The van der Waals surface area contributed by atoms with E-state index in [1.54, 1.807) is 31.1 Å². The number of fused-ring (bicyclic) bond motifs is 1. The quantitative estimate of drug-likeness (QED) is 0.733. The van der Waals surface area contributed by atoms with Gasteiger partial charge in [-0.05, 0) is 36.2 Å². The third-order valence-corrected chi connectivity index (χ3v) is 4.62. The van der Waals surface area contributed by atoms with Gasteiger partial charge in [-0.3, -0.25) is 19.4 Å². The van der Waals surface area contributed by atoms with Gasteiger partial charge in [0.2, 0.25) is 5.91 Å². The maximum atomic E-state index is 12.8. The Bertz CT molecular complexity index is 844.